The second kappa shape index (κ2) is 6.49. The molecule has 1 aliphatic rings. The van der Waals surface area contributed by atoms with Crippen molar-refractivity contribution < 1.29 is 4.79 Å². The average Bonchev–Trinajstić information content (AvgIpc) is 2.26. The van der Waals surface area contributed by atoms with Crippen LogP contribution >= 0.6 is 0 Å². The smallest absolute Gasteiger partial charge is 0.184 e. The molecule has 0 bridgehead atoms. The van der Waals surface area contributed by atoms with Crippen molar-refractivity contribution in [3.05, 3.63) is 0 Å². The van der Waals surface area contributed by atoms with Gasteiger partial charge < -0.3 is 0 Å². The van der Waals surface area contributed by atoms with Crippen molar-refractivity contribution in [2.24, 2.45) is 5.92 Å². The fraction of sp³-hybridized carbons (Fsp3) is 0.917. The van der Waals surface area contributed by atoms with E-state index in [0.29, 0.717) is 22.6 Å². The summed E-state index contributed by atoms with van der Waals surface area (Å²) in [5, 5.41) is 0. The molecule has 0 atom stereocenters. The third-order valence-corrected chi connectivity index (χ3v) is 5.55. The van der Waals surface area contributed by atoms with Crippen molar-refractivity contribution in [1.82, 2.24) is 0 Å². The quantitative estimate of drug-likeness (QED) is 0.645. The van der Waals surface area contributed by atoms with Crippen LogP contribution in [-0.4, -0.2) is 23.0 Å². The fourth-order valence-electron chi connectivity index (χ4n) is 2.15. The van der Waals surface area contributed by atoms with Crippen molar-refractivity contribution in [2.45, 2.75) is 46.0 Å². The molecule has 0 N–H and O–H groups in total. The zero-order valence-electron chi connectivity index (χ0n) is 9.55. The lowest BCUT2D eigenvalue weighted by molar-refractivity contribution is -0.121. The van der Waals surface area contributed by atoms with Crippen LogP contribution in [0.1, 0.15) is 46.0 Å². The second-order valence-corrected chi connectivity index (χ2v) is 6.80. The summed E-state index contributed by atoms with van der Waals surface area (Å²) in [5.74, 6) is 4.25. The minimum Gasteiger partial charge on any atom is -0.294 e. The summed E-state index contributed by atoms with van der Waals surface area (Å²) < 4.78 is 0. The third kappa shape index (κ3) is 3.64. The highest BCUT2D eigenvalue weighted by Crippen LogP contribution is 2.24. The van der Waals surface area contributed by atoms with E-state index < -0.39 is 0 Å². The highest BCUT2D eigenvalue weighted by molar-refractivity contribution is 7.97. The van der Waals surface area contributed by atoms with E-state index in [0.717, 1.165) is 5.75 Å². The molecular formula is C12H23OS+. The number of carbonyl (C=O) groups is 1. The van der Waals surface area contributed by atoms with Gasteiger partial charge in [-0.3, -0.25) is 4.79 Å². The molecular weight excluding hydrogens is 192 g/mol. The van der Waals surface area contributed by atoms with Gasteiger partial charge in [0.25, 0.3) is 0 Å². The Morgan fingerprint density at radius 1 is 1.14 bits per heavy atom. The van der Waals surface area contributed by atoms with Gasteiger partial charge in [-0.25, -0.2) is 0 Å². The van der Waals surface area contributed by atoms with Crippen LogP contribution in [-0.2, 0) is 15.7 Å². The van der Waals surface area contributed by atoms with Crippen molar-refractivity contribution in [2.75, 3.05) is 17.3 Å². The lowest BCUT2D eigenvalue weighted by Crippen LogP contribution is -2.27. The Bertz CT molecular complexity index is 169. The first-order chi connectivity index (χ1) is 6.77. The molecule has 0 aromatic carbocycles. The van der Waals surface area contributed by atoms with Gasteiger partial charge in [0.15, 0.2) is 11.5 Å². The molecule has 82 valence electrons. The largest absolute Gasteiger partial charge is 0.294 e. The topological polar surface area (TPSA) is 17.1 Å². The number of Topliss-reactive ketones (excluding diaryl/α,β-unsaturated/α-hetero) is 1. The second-order valence-electron chi connectivity index (χ2n) is 4.14. The first kappa shape index (κ1) is 12.1. The zero-order valence-corrected chi connectivity index (χ0v) is 10.4. The van der Waals surface area contributed by atoms with Crippen LogP contribution < -0.4 is 0 Å². The van der Waals surface area contributed by atoms with E-state index in [2.05, 4.69) is 13.8 Å². The van der Waals surface area contributed by atoms with Crippen molar-refractivity contribution in [3.8, 4) is 0 Å². The molecule has 1 nitrogen and oxygen atoms in total. The first-order valence-corrected chi connectivity index (χ1v) is 7.68. The average molecular weight is 215 g/mol. The van der Waals surface area contributed by atoms with Crippen molar-refractivity contribution >= 4 is 16.7 Å². The molecule has 0 unspecified atom stereocenters. The minimum absolute atomic E-state index is 0.380. The van der Waals surface area contributed by atoms with Crippen LogP contribution in [0.15, 0.2) is 0 Å². The van der Waals surface area contributed by atoms with E-state index >= 15 is 0 Å². The van der Waals surface area contributed by atoms with Gasteiger partial charge in [0.05, 0.1) is 0 Å². The van der Waals surface area contributed by atoms with E-state index in [1.165, 1.54) is 43.6 Å². The van der Waals surface area contributed by atoms with Gasteiger partial charge in [-0.15, -0.1) is 0 Å². The van der Waals surface area contributed by atoms with Crippen LogP contribution in [0.5, 0.6) is 0 Å². The number of hydrogen-bond donors (Lipinski definition) is 0. The zero-order chi connectivity index (χ0) is 10.4. The lowest BCUT2D eigenvalue weighted by Gasteiger charge is -2.19. The van der Waals surface area contributed by atoms with Crippen molar-refractivity contribution in [1.29, 1.82) is 0 Å². The monoisotopic (exact) mass is 215 g/mol. The third-order valence-electron chi connectivity index (χ3n) is 3.22. The van der Waals surface area contributed by atoms with Crippen LogP contribution in [0.25, 0.3) is 0 Å². The van der Waals surface area contributed by atoms with Gasteiger partial charge in [-0.1, -0.05) is 19.3 Å². The molecule has 14 heavy (non-hydrogen) atoms. The minimum atomic E-state index is 0.380. The molecule has 1 aliphatic carbocycles. The summed E-state index contributed by atoms with van der Waals surface area (Å²) >= 11 is 0. The molecule has 0 spiro atoms. The van der Waals surface area contributed by atoms with Gasteiger partial charge in [-0.05, 0) is 37.6 Å². The number of carbonyl (C=O) groups excluding carboxylic acids is 1. The standard InChI is InChI=1S/C12H23OS/c1-3-14(4-2)10-12(13)11-8-6-5-7-9-11/h11H,3-10H2,1-2H3/q+1. The van der Waals surface area contributed by atoms with Gasteiger partial charge in [0, 0.05) is 5.92 Å². The number of ketones is 1. The van der Waals surface area contributed by atoms with Gasteiger partial charge >= 0.3 is 0 Å². The number of hydrogen-bond acceptors (Lipinski definition) is 1. The maximum absolute atomic E-state index is 11.9. The Hall–Kier alpha value is 0.0200. The van der Waals surface area contributed by atoms with Gasteiger partial charge in [0.1, 0.15) is 11.5 Å². The molecule has 1 saturated carbocycles. The molecule has 1 fully saturated rings. The number of rotatable bonds is 5. The molecule has 2 heteroatoms. The highest BCUT2D eigenvalue weighted by Gasteiger charge is 2.26. The van der Waals surface area contributed by atoms with E-state index in [1.54, 1.807) is 0 Å². The fourth-order valence-corrected chi connectivity index (χ4v) is 3.61. The molecule has 0 aliphatic heterocycles. The summed E-state index contributed by atoms with van der Waals surface area (Å²) in [6.07, 6.45) is 6.24. The summed E-state index contributed by atoms with van der Waals surface area (Å²) in [6, 6.07) is 0. The first-order valence-electron chi connectivity index (χ1n) is 5.94. The molecule has 0 radical (unpaired) electrons. The molecule has 0 saturated heterocycles. The maximum atomic E-state index is 11.9. The molecule has 0 aromatic rings. The molecule has 0 amide bonds. The van der Waals surface area contributed by atoms with E-state index in [9.17, 15) is 4.79 Å². The Kier molecular flexibility index (Phi) is 5.61. The van der Waals surface area contributed by atoms with E-state index in [4.69, 9.17) is 0 Å². The maximum Gasteiger partial charge on any atom is 0.184 e. The summed E-state index contributed by atoms with van der Waals surface area (Å²) in [4.78, 5) is 11.9. The summed E-state index contributed by atoms with van der Waals surface area (Å²) in [7, 11) is 0.380. The van der Waals surface area contributed by atoms with Gasteiger partial charge in [-0.2, -0.15) is 0 Å². The molecule has 1 rings (SSSR count). The predicted molar refractivity (Wildman–Crippen MR) is 64.9 cm³/mol. The Labute approximate surface area is 91.0 Å². The van der Waals surface area contributed by atoms with Crippen LogP contribution in [0.4, 0.5) is 0 Å². The predicted octanol–water partition coefficient (Wildman–Crippen LogP) is 2.79. The van der Waals surface area contributed by atoms with Crippen LogP contribution in [0, 0.1) is 5.92 Å². The summed E-state index contributed by atoms with van der Waals surface area (Å²) in [6.45, 7) is 4.42. The Morgan fingerprint density at radius 2 is 1.71 bits per heavy atom. The molecule has 0 aromatic heterocycles. The Balaban J connectivity index is 2.32. The van der Waals surface area contributed by atoms with E-state index in [-0.39, 0.29) is 0 Å². The van der Waals surface area contributed by atoms with Crippen LogP contribution in [0.3, 0.4) is 0 Å². The van der Waals surface area contributed by atoms with Gasteiger partial charge in [0.2, 0.25) is 0 Å². The normalized spacial score (nSPS) is 18.8. The molecule has 0 heterocycles. The van der Waals surface area contributed by atoms with Crippen molar-refractivity contribution in [3.63, 3.8) is 0 Å². The lowest BCUT2D eigenvalue weighted by atomic mass is 9.87. The van der Waals surface area contributed by atoms with E-state index in [1.807, 2.05) is 0 Å². The summed E-state index contributed by atoms with van der Waals surface area (Å²) in [5.41, 5.74) is 0. The Morgan fingerprint density at radius 3 is 2.21 bits per heavy atom. The SMILES string of the molecule is CC[S+](CC)CC(=O)C1CCCCC1. The highest BCUT2D eigenvalue weighted by atomic mass is 32.2. The van der Waals surface area contributed by atoms with Crippen LogP contribution in [0.2, 0.25) is 0 Å².